The van der Waals surface area contributed by atoms with Crippen molar-refractivity contribution in [1.29, 1.82) is 0 Å². The molecule has 60 valence electrons. The van der Waals surface area contributed by atoms with Gasteiger partial charge < -0.3 is 0 Å². The molecule has 1 aromatic rings. The minimum Gasteiger partial charge on any atom is -0.275 e. The lowest BCUT2D eigenvalue weighted by molar-refractivity contribution is 0.108. The van der Waals surface area contributed by atoms with Crippen LogP contribution >= 0.6 is 11.6 Å². The first-order chi connectivity index (χ1) is 5.24. The maximum atomic E-state index is 10.6. The second kappa shape index (κ2) is 3.53. The molecule has 0 aliphatic carbocycles. The van der Waals surface area contributed by atoms with E-state index >= 15 is 0 Å². The molecular weight excluding hydrogens is 164 g/mol. The van der Waals surface area contributed by atoms with Crippen molar-refractivity contribution in [3.8, 4) is 0 Å². The largest absolute Gasteiger partial charge is 0.275 e. The van der Waals surface area contributed by atoms with Gasteiger partial charge in [0.1, 0.15) is 0 Å². The van der Waals surface area contributed by atoms with Gasteiger partial charge in [0.15, 0.2) is 0 Å². The van der Waals surface area contributed by atoms with Crippen molar-refractivity contribution in [2.45, 2.75) is 19.9 Å². The number of aromatic nitrogens is 2. The summed E-state index contributed by atoms with van der Waals surface area (Å²) in [6.45, 7) is 2.87. The topological polar surface area (TPSA) is 34.9 Å². The standard InChI is InChI=1S/C7H9ClN2O/c1-2-3-10-5-6(4-9-10)7(8)11/h4-5H,2-3H2,1H3. The van der Waals surface area contributed by atoms with Crippen LogP contribution < -0.4 is 0 Å². The summed E-state index contributed by atoms with van der Waals surface area (Å²) in [5, 5.41) is 3.49. The zero-order valence-electron chi connectivity index (χ0n) is 6.25. The second-order valence-corrected chi connectivity index (χ2v) is 2.61. The molecule has 1 rings (SSSR count). The van der Waals surface area contributed by atoms with Gasteiger partial charge in [-0.3, -0.25) is 9.48 Å². The van der Waals surface area contributed by atoms with Crippen LogP contribution in [-0.2, 0) is 6.54 Å². The third-order valence-corrected chi connectivity index (χ3v) is 1.53. The van der Waals surface area contributed by atoms with E-state index in [1.807, 2.05) is 6.92 Å². The van der Waals surface area contributed by atoms with Crippen molar-refractivity contribution in [1.82, 2.24) is 9.78 Å². The number of hydrogen-bond donors (Lipinski definition) is 0. The Morgan fingerprint density at radius 2 is 2.55 bits per heavy atom. The van der Waals surface area contributed by atoms with Gasteiger partial charge in [-0.15, -0.1) is 0 Å². The average Bonchev–Trinajstić information content (AvgIpc) is 2.37. The Morgan fingerprint density at radius 1 is 1.82 bits per heavy atom. The number of nitrogens with zero attached hydrogens (tertiary/aromatic N) is 2. The predicted molar refractivity (Wildman–Crippen MR) is 42.7 cm³/mol. The fourth-order valence-corrected chi connectivity index (χ4v) is 0.914. The number of aryl methyl sites for hydroxylation is 1. The van der Waals surface area contributed by atoms with Crippen LogP contribution in [0.15, 0.2) is 12.4 Å². The predicted octanol–water partition coefficient (Wildman–Crippen LogP) is 1.67. The van der Waals surface area contributed by atoms with Gasteiger partial charge in [0.25, 0.3) is 5.24 Å². The molecule has 0 saturated heterocycles. The molecule has 0 unspecified atom stereocenters. The molecule has 0 amide bonds. The summed E-state index contributed by atoms with van der Waals surface area (Å²) in [5.41, 5.74) is 0.458. The molecule has 0 N–H and O–H groups in total. The summed E-state index contributed by atoms with van der Waals surface area (Å²) in [7, 11) is 0. The van der Waals surface area contributed by atoms with Gasteiger partial charge in [0.05, 0.1) is 11.8 Å². The van der Waals surface area contributed by atoms with E-state index in [0.717, 1.165) is 13.0 Å². The van der Waals surface area contributed by atoms with Crippen LogP contribution in [0, 0.1) is 0 Å². The molecule has 0 spiro atoms. The van der Waals surface area contributed by atoms with Crippen LogP contribution in [0.3, 0.4) is 0 Å². The highest BCUT2D eigenvalue weighted by molar-refractivity contribution is 6.67. The Balaban J connectivity index is 2.73. The van der Waals surface area contributed by atoms with E-state index in [1.54, 1.807) is 10.9 Å². The van der Waals surface area contributed by atoms with Crippen LogP contribution in [0.5, 0.6) is 0 Å². The Kier molecular flexibility index (Phi) is 2.65. The molecule has 1 heterocycles. The number of rotatable bonds is 3. The fraction of sp³-hybridized carbons (Fsp3) is 0.429. The Morgan fingerprint density at radius 3 is 3.00 bits per heavy atom. The quantitative estimate of drug-likeness (QED) is 0.651. The summed E-state index contributed by atoms with van der Waals surface area (Å²) in [4.78, 5) is 10.6. The fourth-order valence-electron chi connectivity index (χ4n) is 0.816. The average molecular weight is 173 g/mol. The third-order valence-electron chi connectivity index (χ3n) is 1.31. The lowest BCUT2D eigenvalue weighted by Gasteiger charge is -1.93. The SMILES string of the molecule is CCCn1cc(C(=O)Cl)cn1. The lowest BCUT2D eigenvalue weighted by Crippen LogP contribution is -1.95. The van der Waals surface area contributed by atoms with E-state index in [4.69, 9.17) is 11.6 Å². The number of halogens is 1. The maximum Gasteiger partial charge on any atom is 0.255 e. The maximum absolute atomic E-state index is 10.6. The van der Waals surface area contributed by atoms with Crippen molar-refractivity contribution >= 4 is 16.8 Å². The van der Waals surface area contributed by atoms with Gasteiger partial charge in [-0.25, -0.2) is 0 Å². The van der Waals surface area contributed by atoms with Crippen molar-refractivity contribution in [3.05, 3.63) is 18.0 Å². The van der Waals surface area contributed by atoms with Gasteiger partial charge in [-0.2, -0.15) is 5.10 Å². The molecule has 0 fully saturated rings. The van der Waals surface area contributed by atoms with E-state index in [9.17, 15) is 4.79 Å². The second-order valence-electron chi connectivity index (χ2n) is 2.27. The summed E-state index contributed by atoms with van der Waals surface area (Å²) in [5.74, 6) is 0. The van der Waals surface area contributed by atoms with Crippen LogP contribution in [0.1, 0.15) is 23.7 Å². The first-order valence-corrected chi connectivity index (χ1v) is 3.84. The molecule has 0 aliphatic rings. The van der Waals surface area contributed by atoms with Crippen LogP contribution in [0.2, 0.25) is 0 Å². The van der Waals surface area contributed by atoms with E-state index in [-0.39, 0.29) is 0 Å². The monoisotopic (exact) mass is 172 g/mol. The van der Waals surface area contributed by atoms with Gasteiger partial charge in [-0.05, 0) is 18.0 Å². The highest BCUT2D eigenvalue weighted by atomic mass is 35.5. The molecule has 0 aliphatic heterocycles. The van der Waals surface area contributed by atoms with Gasteiger partial charge in [-0.1, -0.05) is 6.92 Å². The van der Waals surface area contributed by atoms with E-state index in [0.29, 0.717) is 5.56 Å². The summed E-state index contributed by atoms with van der Waals surface area (Å²) < 4.78 is 1.70. The van der Waals surface area contributed by atoms with Gasteiger partial charge in [0, 0.05) is 12.7 Å². The molecule has 0 radical (unpaired) electrons. The molecule has 11 heavy (non-hydrogen) atoms. The van der Waals surface area contributed by atoms with E-state index < -0.39 is 5.24 Å². The summed E-state index contributed by atoms with van der Waals surface area (Å²) in [6, 6.07) is 0. The van der Waals surface area contributed by atoms with Crippen LogP contribution in [-0.4, -0.2) is 15.0 Å². The molecule has 3 nitrogen and oxygen atoms in total. The van der Waals surface area contributed by atoms with Crippen LogP contribution in [0.4, 0.5) is 0 Å². The van der Waals surface area contributed by atoms with E-state index in [1.165, 1.54) is 6.20 Å². The summed E-state index contributed by atoms with van der Waals surface area (Å²) >= 11 is 5.22. The first-order valence-electron chi connectivity index (χ1n) is 3.46. The number of carbonyl (C=O) groups excluding carboxylic acids is 1. The minimum absolute atomic E-state index is 0.452. The molecule has 0 saturated carbocycles. The number of hydrogen-bond acceptors (Lipinski definition) is 2. The van der Waals surface area contributed by atoms with Crippen molar-refractivity contribution in [3.63, 3.8) is 0 Å². The molecule has 4 heteroatoms. The van der Waals surface area contributed by atoms with Gasteiger partial charge in [0.2, 0.25) is 0 Å². The normalized spacial score (nSPS) is 10.0. The van der Waals surface area contributed by atoms with E-state index in [2.05, 4.69) is 5.10 Å². The highest BCUT2D eigenvalue weighted by Gasteiger charge is 2.03. The molecule has 1 aromatic heterocycles. The zero-order valence-corrected chi connectivity index (χ0v) is 7.01. The van der Waals surface area contributed by atoms with Crippen molar-refractivity contribution in [2.24, 2.45) is 0 Å². The summed E-state index contributed by atoms with van der Waals surface area (Å²) in [6.07, 6.45) is 4.13. The molecule has 0 aromatic carbocycles. The zero-order chi connectivity index (χ0) is 8.27. The van der Waals surface area contributed by atoms with Gasteiger partial charge >= 0.3 is 0 Å². The smallest absolute Gasteiger partial charge is 0.255 e. The van der Waals surface area contributed by atoms with Crippen molar-refractivity contribution < 1.29 is 4.79 Å². The Bertz CT molecular complexity index is 257. The number of carbonyl (C=O) groups is 1. The van der Waals surface area contributed by atoms with Crippen LogP contribution in [0.25, 0.3) is 0 Å². The first kappa shape index (κ1) is 8.27. The highest BCUT2D eigenvalue weighted by Crippen LogP contribution is 2.02. The molecule has 0 atom stereocenters. The molecule has 0 bridgehead atoms. The minimum atomic E-state index is -0.452. The molecular formula is C7H9ClN2O. The Hall–Kier alpha value is -0.830. The third kappa shape index (κ3) is 2.05. The Labute approximate surface area is 70.0 Å². The lowest BCUT2D eigenvalue weighted by atomic mass is 10.4. The van der Waals surface area contributed by atoms with Crippen molar-refractivity contribution in [2.75, 3.05) is 0 Å².